The molecule has 1 fully saturated rings. The fourth-order valence-electron chi connectivity index (χ4n) is 5.17. The molecule has 0 aromatic heterocycles. The van der Waals surface area contributed by atoms with Gasteiger partial charge in [-0.05, 0) is 36.5 Å². The molecule has 2 aliphatic heterocycles. The number of nitrogens with zero attached hydrogens (tertiary/aromatic N) is 3. The summed E-state index contributed by atoms with van der Waals surface area (Å²) in [7, 11) is 0. The molecule has 0 spiro atoms. The van der Waals surface area contributed by atoms with Gasteiger partial charge in [0.2, 0.25) is 0 Å². The molecule has 0 bridgehead atoms. The Morgan fingerprint density at radius 2 is 1.31 bits per heavy atom. The highest BCUT2D eigenvalue weighted by Gasteiger charge is 2.51. The topological polar surface area (TPSA) is 35.9 Å². The van der Waals surface area contributed by atoms with E-state index in [0.717, 1.165) is 49.4 Å². The summed E-state index contributed by atoms with van der Waals surface area (Å²) >= 11 is 0. The molecule has 1 amide bonds. The van der Waals surface area contributed by atoms with Gasteiger partial charge >= 0.3 is 0 Å². The van der Waals surface area contributed by atoms with Crippen LogP contribution in [-0.4, -0.2) is 40.7 Å². The number of rotatable bonds is 5. The predicted molar refractivity (Wildman–Crippen MR) is 128 cm³/mol. The average Bonchev–Trinajstić information content (AvgIpc) is 3.12. The lowest BCUT2D eigenvalue weighted by molar-refractivity contribution is -0.132. The number of piperidine rings is 1. The maximum absolute atomic E-state index is 14.1. The number of aliphatic imine (C=N–C) groups is 1. The van der Waals surface area contributed by atoms with E-state index in [-0.39, 0.29) is 11.9 Å². The van der Waals surface area contributed by atoms with Crippen LogP contribution in [-0.2, 0) is 16.9 Å². The molecule has 32 heavy (non-hydrogen) atoms. The Kier molecular flexibility index (Phi) is 5.62. The van der Waals surface area contributed by atoms with Gasteiger partial charge in [-0.1, -0.05) is 91.0 Å². The third kappa shape index (κ3) is 3.65. The number of amides is 1. The molecule has 3 aromatic rings. The van der Waals surface area contributed by atoms with Gasteiger partial charge in [-0.25, -0.2) is 4.99 Å². The molecule has 0 saturated carbocycles. The fraction of sp³-hybridized carbons (Fsp3) is 0.286. The SMILES string of the molecule is CC1=NC(c2ccccc2)(c2ccccc2)C(=O)N1C1CCN(Cc2ccccc2)CC1. The van der Waals surface area contributed by atoms with E-state index in [4.69, 9.17) is 4.99 Å². The van der Waals surface area contributed by atoms with Crippen LogP contribution in [0.4, 0.5) is 0 Å². The molecule has 0 aliphatic carbocycles. The second kappa shape index (κ2) is 8.71. The number of hydrogen-bond acceptors (Lipinski definition) is 3. The molecule has 2 aliphatic rings. The Morgan fingerprint density at radius 3 is 1.84 bits per heavy atom. The van der Waals surface area contributed by atoms with Crippen LogP contribution < -0.4 is 0 Å². The molecule has 2 heterocycles. The lowest BCUT2D eigenvalue weighted by Crippen LogP contribution is -2.50. The van der Waals surface area contributed by atoms with Crippen LogP contribution in [0.5, 0.6) is 0 Å². The van der Waals surface area contributed by atoms with Crippen LogP contribution in [0, 0.1) is 0 Å². The van der Waals surface area contributed by atoms with Crippen molar-refractivity contribution in [3.8, 4) is 0 Å². The second-order valence-electron chi connectivity index (χ2n) is 8.77. The minimum Gasteiger partial charge on any atom is -0.299 e. The summed E-state index contributed by atoms with van der Waals surface area (Å²) in [6.07, 6.45) is 1.93. The summed E-state index contributed by atoms with van der Waals surface area (Å²) in [5, 5.41) is 0. The highest BCUT2D eigenvalue weighted by molar-refractivity contribution is 6.10. The molecule has 0 atom stereocenters. The molecular weight excluding hydrogens is 394 g/mol. The Hall–Kier alpha value is -3.24. The number of carbonyl (C=O) groups is 1. The van der Waals surface area contributed by atoms with Crippen molar-refractivity contribution in [2.75, 3.05) is 13.1 Å². The zero-order valence-corrected chi connectivity index (χ0v) is 18.5. The van der Waals surface area contributed by atoms with E-state index < -0.39 is 5.54 Å². The predicted octanol–water partition coefficient (Wildman–Crippen LogP) is 4.86. The van der Waals surface area contributed by atoms with Crippen LogP contribution >= 0.6 is 0 Å². The first-order chi connectivity index (χ1) is 15.7. The lowest BCUT2D eigenvalue weighted by Gasteiger charge is -2.38. The first kappa shape index (κ1) is 20.7. The molecular formula is C28H29N3O. The molecule has 0 unspecified atom stereocenters. The zero-order valence-electron chi connectivity index (χ0n) is 18.5. The minimum absolute atomic E-state index is 0.0777. The number of amidine groups is 1. The first-order valence-electron chi connectivity index (χ1n) is 11.5. The van der Waals surface area contributed by atoms with Gasteiger partial charge in [-0.3, -0.25) is 14.6 Å². The molecule has 1 saturated heterocycles. The maximum Gasteiger partial charge on any atom is 0.265 e. The van der Waals surface area contributed by atoms with Crippen LogP contribution in [0.2, 0.25) is 0 Å². The summed E-state index contributed by atoms with van der Waals surface area (Å²) in [6, 6.07) is 30.8. The van der Waals surface area contributed by atoms with Crippen molar-refractivity contribution in [1.82, 2.24) is 9.80 Å². The van der Waals surface area contributed by atoms with Crippen molar-refractivity contribution in [2.45, 2.75) is 37.9 Å². The maximum atomic E-state index is 14.1. The van der Waals surface area contributed by atoms with Crippen LogP contribution in [0.3, 0.4) is 0 Å². The second-order valence-corrected chi connectivity index (χ2v) is 8.77. The number of hydrogen-bond donors (Lipinski definition) is 0. The molecule has 4 heteroatoms. The third-order valence-corrected chi connectivity index (χ3v) is 6.76. The van der Waals surface area contributed by atoms with E-state index in [2.05, 4.69) is 35.2 Å². The van der Waals surface area contributed by atoms with Crippen LogP contribution in [0.15, 0.2) is 96.0 Å². The van der Waals surface area contributed by atoms with Gasteiger partial charge in [0.15, 0.2) is 5.54 Å². The summed E-state index contributed by atoms with van der Waals surface area (Å²) in [6.45, 7) is 4.93. The van der Waals surface area contributed by atoms with Gasteiger partial charge in [0.1, 0.15) is 5.84 Å². The van der Waals surface area contributed by atoms with E-state index in [1.807, 2.05) is 72.5 Å². The smallest absolute Gasteiger partial charge is 0.265 e. The third-order valence-electron chi connectivity index (χ3n) is 6.76. The summed E-state index contributed by atoms with van der Waals surface area (Å²) in [5.74, 6) is 0.901. The fourth-order valence-corrected chi connectivity index (χ4v) is 5.17. The first-order valence-corrected chi connectivity index (χ1v) is 11.5. The number of benzene rings is 3. The largest absolute Gasteiger partial charge is 0.299 e. The van der Waals surface area contributed by atoms with Gasteiger partial charge in [-0.2, -0.15) is 0 Å². The minimum atomic E-state index is -0.992. The van der Waals surface area contributed by atoms with E-state index in [1.54, 1.807) is 0 Å². The van der Waals surface area contributed by atoms with E-state index in [0.29, 0.717) is 0 Å². The van der Waals surface area contributed by atoms with Gasteiger partial charge in [0.05, 0.1) is 0 Å². The van der Waals surface area contributed by atoms with Gasteiger partial charge in [0.25, 0.3) is 5.91 Å². The van der Waals surface area contributed by atoms with Crippen molar-refractivity contribution in [3.63, 3.8) is 0 Å². The van der Waals surface area contributed by atoms with E-state index in [9.17, 15) is 4.79 Å². The summed E-state index contributed by atoms with van der Waals surface area (Å²) < 4.78 is 0. The Labute approximate surface area is 190 Å². The van der Waals surface area contributed by atoms with Crippen LogP contribution in [0.25, 0.3) is 0 Å². The van der Waals surface area contributed by atoms with Crippen LogP contribution in [0.1, 0.15) is 36.5 Å². The standard InChI is InChI=1S/C28H29N3O/c1-22-29-28(24-13-7-3-8-14-24,25-15-9-4-10-16-25)27(32)31(22)26-17-19-30(20-18-26)21-23-11-5-2-6-12-23/h2-16,26H,17-21H2,1H3. The Bertz CT molecular complexity index is 1050. The van der Waals surface area contributed by atoms with Gasteiger partial charge in [-0.15, -0.1) is 0 Å². The molecule has 0 radical (unpaired) electrons. The quantitative estimate of drug-likeness (QED) is 0.588. The Balaban J connectivity index is 1.39. The molecule has 4 nitrogen and oxygen atoms in total. The highest BCUT2D eigenvalue weighted by atomic mass is 16.2. The average molecular weight is 424 g/mol. The Morgan fingerprint density at radius 1 is 0.812 bits per heavy atom. The van der Waals surface area contributed by atoms with Crippen molar-refractivity contribution < 1.29 is 4.79 Å². The molecule has 162 valence electrons. The number of likely N-dealkylation sites (tertiary alicyclic amines) is 1. The summed E-state index contributed by atoms with van der Waals surface area (Å²) in [5.41, 5.74) is 2.21. The van der Waals surface area contributed by atoms with Crippen molar-refractivity contribution in [3.05, 3.63) is 108 Å². The molecule has 3 aromatic carbocycles. The van der Waals surface area contributed by atoms with Crippen molar-refractivity contribution in [1.29, 1.82) is 0 Å². The van der Waals surface area contributed by atoms with Gasteiger partial charge < -0.3 is 0 Å². The lowest BCUT2D eigenvalue weighted by atomic mass is 9.82. The normalized spacial score (nSPS) is 19.2. The number of carbonyl (C=O) groups excluding carboxylic acids is 1. The van der Waals surface area contributed by atoms with Crippen molar-refractivity contribution in [2.24, 2.45) is 4.99 Å². The highest BCUT2D eigenvalue weighted by Crippen LogP contribution is 2.41. The monoisotopic (exact) mass is 423 g/mol. The van der Waals surface area contributed by atoms with Crippen molar-refractivity contribution >= 4 is 11.7 Å². The van der Waals surface area contributed by atoms with E-state index in [1.165, 1.54) is 5.56 Å². The molecule has 5 rings (SSSR count). The zero-order chi connectivity index (χ0) is 22.0. The van der Waals surface area contributed by atoms with Gasteiger partial charge in [0, 0.05) is 25.7 Å². The van der Waals surface area contributed by atoms with E-state index >= 15 is 0 Å². The molecule has 0 N–H and O–H groups in total. The summed E-state index contributed by atoms with van der Waals surface area (Å²) in [4.78, 5) is 23.6.